The summed E-state index contributed by atoms with van der Waals surface area (Å²) < 4.78 is 1.29. The Morgan fingerprint density at radius 2 is 2.53 bits per heavy atom. The van der Waals surface area contributed by atoms with Crippen LogP contribution in [0.1, 0.15) is 12.8 Å². The van der Waals surface area contributed by atoms with Gasteiger partial charge in [-0.25, -0.2) is 4.68 Å². The molecule has 2 N–H and O–H groups in total. The molecule has 1 aromatic rings. The highest BCUT2D eigenvalue weighted by atomic mass is 35.5. The maximum atomic E-state index is 11.9. The minimum Gasteiger partial charge on any atom is -0.382 e. The molecular weight excluding hydrogens is 264 g/mol. The number of piperidine rings is 1. The van der Waals surface area contributed by atoms with Gasteiger partial charge in [0.15, 0.2) is 0 Å². The molecule has 0 saturated carbocycles. The topological polar surface area (TPSA) is 59.0 Å². The second kappa shape index (κ2) is 6.73. The number of anilines is 1. The smallest absolute Gasteiger partial charge is 0.287 e. The van der Waals surface area contributed by atoms with Gasteiger partial charge >= 0.3 is 0 Å². The fraction of sp³-hybridized carbons (Fsp3) is 0.538. The third kappa shape index (κ3) is 3.58. The van der Waals surface area contributed by atoms with E-state index < -0.39 is 0 Å². The minimum atomic E-state index is -0.284. The summed E-state index contributed by atoms with van der Waals surface area (Å²) in [5.74, 6) is 0.570. The Hall–Kier alpha value is -1.33. The first-order valence-corrected chi connectivity index (χ1v) is 6.91. The van der Waals surface area contributed by atoms with Gasteiger partial charge in [-0.05, 0) is 31.8 Å². The monoisotopic (exact) mass is 282 g/mol. The van der Waals surface area contributed by atoms with E-state index in [1.807, 2.05) is 0 Å². The Labute approximate surface area is 117 Å². The normalized spacial score (nSPS) is 19.1. The van der Waals surface area contributed by atoms with Gasteiger partial charge in [0.1, 0.15) is 5.02 Å². The first kappa shape index (κ1) is 14.1. The van der Waals surface area contributed by atoms with Gasteiger partial charge in [-0.15, -0.1) is 6.58 Å². The highest BCUT2D eigenvalue weighted by Crippen LogP contribution is 2.17. The maximum absolute atomic E-state index is 11.9. The number of allylic oxidation sites excluding steroid dienone is 1. The number of nitrogens with zero attached hydrogens (tertiary/aromatic N) is 2. The van der Waals surface area contributed by atoms with Crippen LogP contribution >= 0.6 is 11.6 Å². The molecule has 2 rings (SSSR count). The third-order valence-electron chi connectivity index (χ3n) is 3.27. The van der Waals surface area contributed by atoms with Crippen molar-refractivity contribution in [2.45, 2.75) is 19.4 Å². The van der Waals surface area contributed by atoms with Crippen LogP contribution in [0.3, 0.4) is 0 Å². The fourth-order valence-corrected chi connectivity index (χ4v) is 2.41. The van der Waals surface area contributed by atoms with Crippen molar-refractivity contribution in [3.8, 4) is 0 Å². The van der Waals surface area contributed by atoms with Crippen molar-refractivity contribution in [3.05, 3.63) is 34.2 Å². The Morgan fingerprint density at radius 3 is 3.21 bits per heavy atom. The van der Waals surface area contributed by atoms with E-state index in [2.05, 4.69) is 22.3 Å². The summed E-state index contributed by atoms with van der Waals surface area (Å²) in [5.41, 5.74) is 0.325. The van der Waals surface area contributed by atoms with Gasteiger partial charge in [-0.2, -0.15) is 5.10 Å². The van der Waals surface area contributed by atoms with Crippen LogP contribution < -0.4 is 16.2 Å². The molecule has 6 heteroatoms. The molecule has 0 radical (unpaired) electrons. The standard InChI is InChI=1S/C13H19ClN4O/c1-2-6-18-13(19)12(14)11(9-17-18)16-8-10-4-3-5-15-7-10/h2,9-10,15-16H,1,3-8H2. The van der Waals surface area contributed by atoms with Crippen LogP contribution in [0.25, 0.3) is 0 Å². The second-order valence-corrected chi connectivity index (χ2v) is 5.12. The zero-order chi connectivity index (χ0) is 13.7. The summed E-state index contributed by atoms with van der Waals surface area (Å²) in [5, 5.41) is 10.8. The van der Waals surface area contributed by atoms with E-state index in [-0.39, 0.29) is 10.6 Å². The Bertz CT molecular complexity index is 494. The molecule has 1 aliphatic rings. The van der Waals surface area contributed by atoms with Crippen LogP contribution in [0.5, 0.6) is 0 Å². The van der Waals surface area contributed by atoms with Gasteiger partial charge in [-0.3, -0.25) is 4.79 Å². The lowest BCUT2D eigenvalue weighted by Crippen LogP contribution is -2.34. The first-order chi connectivity index (χ1) is 9.22. The van der Waals surface area contributed by atoms with E-state index in [9.17, 15) is 4.79 Å². The lowest BCUT2D eigenvalue weighted by atomic mass is 10.00. The van der Waals surface area contributed by atoms with Gasteiger partial charge in [-0.1, -0.05) is 17.7 Å². The summed E-state index contributed by atoms with van der Waals surface area (Å²) in [6.45, 7) is 6.85. The Kier molecular flexibility index (Phi) is 4.99. The molecule has 1 aromatic heterocycles. The molecule has 104 valence electrons. The number of rotatable bonds is 5. The SMILES string of the molecule is C=CCn1ncc(NCC2CCCNC2)c(Cl)c1=O. The van der Waals surface area contributed by atoms with Crippen molar-refractivity contribution < 1.29 is 0 Å². The largest absolute Gasteiger partial charge is 0.382 e. The van der Waals surface area contributed by atoms with Crippen LogP contribution in [0.2, 0.25) is 5.02 Å². The zero-order valence-corrected chi connectivity index (χ0v) is 11.6. The minimum absolute atomic E-state index is 0.195. The molecule has 5 nitrogen and oxygen atoms in total. The molecule has 0 spiro atoms. The molecule has 2 heterocycles. The molecular formula is C13H19ClN4O. The second-order valence-electron chi connectivity index (χ2n) is 4.74. The average Bonchev–Trinajstić information content (AvgIpc) is 2.44. The predicted molar refractivity (Wildman–Crippen MR) is 77.8 cm³/mol. The van der Waals surface area contributed by atoms with Gasteiger partial charge < -0.3 is 10.6 Å². The zero-order valence-electron chi connectivity index (χ0n) is 10.9. The quantitative estimate of drug-likeness (QED) is 0.804. The molecule has 1 unspecified atom stereocenters. The molecule has 1 fully saturated rings. The number of hydrogen-bond donors (Lipinski definition) is 2. The average molecular weight is 283 g/mol. The summed E-state index contributed by atoms with van der Waals surface area (Å²) >= 11 is 6.07. The van der Waals surface area contributed by atoms with Crippen molar-refractivity contribution >= 4 is 17.3 Å². The van der Waals surface area contributed by atoms with Crippen molar-refractivity contribution in [3.63, 3.8) is 0 Å². The number of halogens is 1. The first-order valence-electron chi connectivity index (χ1n) is 6.53. The van der Waals surface area contributed by atoms with Crippen molar-refractivity contribution in [2.24, 2.45) is 5.92 Å². The third-order valence-corrected chi connectivity index (χ3v) is 3.63. The van der Waals surface area contributed by atoms with Crippen molar-refractivity contribution in [2.75, 3.05) is 25.0 Å². The molecule has 0 aromatic carbocycles. The lowest BCUT2D eigenvalue weighted by Gasteiger charge is -2.23. The lowest BCUT2D eigenvalue weighted by molar-refractivity contribution is 0.393. The molecule has 0 aliphatic carbocycles. The number of nitrogens with one attached hydrogen (secondary N) is 2. The van der Waals surface area contributed by atoms with E-state index in [4.69, 9.17) is 11.6 Å². The van der Waals surface area contributed by atoms with Crippen LogP contribution in [0.4, 0.5) is 5.69 Å². The molecule has 19 heavy (non-hydrogen) atoms. The van der Waals surface area contributed by atoms with Crippen LogP contribution in [-0.4, -0.2) is 29.4 Å². The number of aromatic nitrogens is 2. The van der Waals surface area contributed by atoms with Crippen LogP contribution in [0.15, 0.2) is 23.6 Å². The van der Waals surface area contributed by atoms with Gasteiger partial charge in [0.25, 0.3) is 5.56 Å². The van der Waals surface area contributed by atoms with E-state index in [1.165, 1.54) is 17.5 Å². The Balaban J connectivity index is 2.02. The van der Waals surface area contributed by atoms with E-state index in [1.54, 1.807) is 12.3 Å². The van der Waals surface area contributed by atoms with E-state index in [0.717, 1.165) is 19.6 Å². The predicted octanol–water partition coefficient (Wildman–Crippen LogP) is 1.49. The molecule has 0 amide bonds. The van der Waals surface area contributed by atoms with E-state index in [0.29, 0.717) is 18.2 Å². The summed E-state index contributed by atoms with van der Waals surface area (Å²) in [6.07, 6.45) is 5.60. The summed E-state index contributed by atoms with van der Waals surface area (Å²) in [4.78, 5) is 11.9. The fourth-order valence-electron chi connectivity index (χ4n) is 2.19. The molecule has 1 saturated heterocycles. The highest BCUT2D eigenvalue weighted by Gasteiger charge is 2.14. The van der Waals surface area contributed by atoms with Gasteiger partial charge in [0, 0.05) is 6.54 Å². The van der Waals surface area contributed by atoms with Crippen molar-refractivity contribution in [1.82, 2.24) is 15.1 Å². The van der Waals surface area contributed by atoms with Gasteiger partial charge in [0.05, 0.1) is 18.4 Å². The van der Waals surface area contributed by atoms with E-state index >= 15 is 0 Å². The summed E-state index contributed by atoms with van der Waals surface area (Å²) in [7, 11) is 0. The van der Waals surface area contributed by atoms with Crippen LogP contribution in [-0.2, 0) is 6.54 Å². The molecule has 1 atom stereocenters. The number of hydrogen-bond acceptors (Lipinski definition) is 4. The maximum Gasteiger partial charge on any atom is 0.287 e. The highest BCUT2D eigenvalue weighted by molar-refractivity contribution is 6.32. The molecule has 0 bridgehead atoms. The van der Waals surface area contributed by atoms with Gasteiger partial charge in [0.2, 0.25) is 0 Å². The van der Waals surface area contributed by atoms with Crippen molar-refractivity contribution in [1.29, 1.82) is 0 Å². The summed E-state index contributed by atoms with van der Waals surface area (Å²) in [6, 6.07) is 0. The molecule has 1 aliphatic heterocycles. The van der Waals surface area contributed by atoms with Crippen LogP contribution in [0, 0.1) is 5.92 Å². The Morgan fingerprint density at radius 1 is 1.68 bits per heavy atom.